The zero-order valence-electron chi connectivity index (χ0n) is 7.75. The van der Waals surface area contributed by atoms with E-state index in [-0.39, 0.29) is 11.6 Å². The van der Waals surface area contributed by atoms with Gasteiger partial charge in [0.2, 0.25) is 5.91 Å². The molecule has 6 nitrogen and oxygen atoms in total. The van der Waals surface area contributed by atoms with E-state index >= 15 is 0 Å². The van der Waals surface area contributed by atoms with Gasteiger partial charge in [-0.05, 0) is 0 Å². The first kappa shape index (κ1) is 9.26. The van der Waals surface area contributed by atoms with Gasteiger partial charge in [-0.15, -0.1) is 0 Å². The number of nitrogens with zero attached hydrogens (tertiary/aromatic N) is 1. The Morgan fingerprint density at radius 1 is 1.43 bits per heavy atom. The van der Waals surface area contributed by atoms with Crippen LogP contribution < -0.4 is 10.6 Å². The van der Waals surface area contributed by atoms with Crippen molar-refractivity contribution in [2.75, 3.05) is 19.6 Å². The molecule has 0 bridgehead atoms. The molecular formula is C8H13N3O3. The molecule has 6 heteroatoms. The second kappa shape index (κ2) is 3.13. The van der Waals surface area contributed by atoms with E-state index in [1.54, 1.807) is 0 Å². The van der Waals surface area contributed by atoms with Gasteiger partial charge in [-0.1, -0.05) is 0 Å². The minimum Gasteiger partial charge on any atom is -0.465 e. The molecule has 0 radical (unpaired) electrons. The molecule has 0 aromatic rings. The van der Waals surface area contributed by atoms with E-state index in [9.17, 15) is 9.59 Å². The van der Waals surface area contributed by atoms with Crippen LogP contribution in [0.2, 0.25) is 0 Å². The van der Waals surface area contributed by atoms with Crippen LogP contribution in [0, 0.1) is 0 Å². The Bertz CT molecular complexity index is 271. The van der Waals surface area contributed by atoms with Crippen molar-refractivity contribution < 1.29 is 14.7 Å². The van der Waals surface area contributed by atoms with E-state index in [0.29, 0.717) is 32.5 Å². The predicted molar refractivity (Wildman–Crippen MR) is 47.7 cm³/mol. The molecule has 0 unspecified atom stereocenters. The number of nitrogens with one attached hydrogen (secondary N) is 2. The van der Waals surface area contributed by atoms with Crippen molar-refractivity contribution in [3.63, 3.8) is 0 Å². The summed E-state index contributed by atoms with van der Waals surface area (Å²) in [7, 11) is 0. The highest BCUT2D eigenvalue weighted by Crippen LogP contribution is 2.21. The molecule has 2 aliphatic heterocycles. The summed E-state index contributed by atoms with van der Waals surface area (Å²) in [6.07, 6.45) is 0.403. The van der Waals surface area contributed by atoms with Crippen molar-refractivity contribution in [3.05, 3.63) is 0 Å². The van der Waals surface area contributed by atoms with E-state index in [2.05, 4.69) is 10.6 Å². The molecule has 1 spiro atoms. The number of piperidine rings is 1. The van der Waals surface area contributed by atoms with Gasteiger partial charge >= 0.3 is 6.09 Å². The number of amides is 2. The number of carbonyl (C=O) groups excluding carboxylic acids is 1. The lowest BCUT2D eigenvalue weighted by atomic mass is 9.98. The van der Waals surface area contributed by atoms with Crippen LogP contribution in [0.25, 0.3) is 0 Å². The summed E-state index contributed by atoms with van der Waals surface area (Å²) in [6.45, 7) is 1.29. The summed E-state index contributed by atoms with van der Waals surface area (Å²) in [5.41, 5.74) is -0.344. The fraction of sp³-hybridized carbons (Fsp3) is 0.750. The van der Waals surface area contributed by atoms with Crippen molar-refractivity contribution in [1.29, 1.82) is 0 Å². The SMILES string of the molecule is O=C1CNC2(CCN(C(=O)O)CC2)N1. The average Bonchev–Trinajstić information content (AvgIpc) is 2.48. The van der Waals surface area contributed by atoms with Gasteiger partial charge in [0.15, 0.2) is 0 Å². The number of likely N-dealkylation sites (tertiary alicyclic amines) is 1. The Morgan fingerprint density at radius 3 is 2.50 bits per heavy atom. The van der Waals surface area contributed by atoms with Gasteiger partial charge in [0, 0.05) is 25.9 Å². The Hall–Kier alpha value is -1.30. The molecule has 2 aliphatic rings. The van der Waals surface area contributed by atoms with Crippen molar-refractivity contribution in [3.8, 4) is 0 Å². The van der Waals surface area contributed by atoms with E-state index in [4.69, 9.17) is 5.11 Å². The number of hydrogen-bond acceptors (Lipinski definition) is 3. The normalized spacial score (nSPS) is 25.1. The third-order valence-electron chi connectivity index (χ3n) is 2.85. The molecule has 2 fully saturated rings. The fourth-order valence-corrected chi connectivity index (χ4v) is 1.99. The van der Waals surface area contributed by atoms with Gasteiger partial charge < -0.3 is 15.3 Å². The van der Waals surface area contributed by atoms with Gasteiger partial charge in [-0.2, -0.15) is 0 Å². The summed E-state index contributed by atoms with van der Waals surface area (Å²) in [5.74, 6) is -0.00576. The maximum atomic E-state index is 11.0. The van der Waals surface area contributed by atoms with Crippen molar-refractivity contribution >= 4 is 12.0 Å². The lowest BCUT2D eigenvalue weighted by Crippen LogP contribution is -2.57. The molecule has 0 aliphatic carbocycles. The van der Waals surface area contributed by atoms with E-state index in [1.807, 2.05) is 0 Å². The smallest absolute Gasteiger partial charge is 0.407 e. The number of hydrogen-bond donors (Lipinski definition) is 3. The van der Waals surface area contributed by atoms with E-state index in [1.165, 1.54) is 4.90 Å². The highest BCUT2D eigenvalue weighted by molar-refractivity contribution is 5.81. The molecule has 0 aromatic carbocycles. The topological polar surface area (TPSA) is 81.7 Å². The van der Waals surface area contributed by atoms with Crippen LogP contribution in [0.4, 0.5) is 4.79 Å². The van der Waals surface area contributed by atoms with Crippen LogP contribution in [0.1, 0.15) is 12.8 Å². The minimum absolute atomic E-state index is 0.00576. The highest BCUT2D eigenvalue weighted by atomic mass is 16.4. The second-order valence-corrected chi connectivity index (χ2v) is 3.75. The third kappa shape index (κ3) is 1.52. The molecule has 2 heterocycles. The Balaban J connectivity index is 1.95. The van der Waals surface area contributed by atoms with Crippen LogP contribution in [-0.2, 0) is 4.79 Å². The van der Waals surface area contributed by atoms with Gasteiger partial charge in [-0.25, -0.2) is 4.79 Å². The molecule has 78 valence electrons. The fourth-order valence-electron chi connectivity index (χ4n) is 1.99. The average molecular weight is 199 g/mol. The monoisotopic (exact) mass is 199 g/mol. The number of rotatable bonds is 0. The molecule has 2 amide bonds. The minimum atomic E-state index is -0.885. The predicted octanol–water partition coefficient (Wildman–Crippen LogP) is -0.824. The maximum absolute atomic E-state index is 11.0. The van der Waals surface area contributed by atoms with Crippen LogP contribution in [-0.4, -0.2) is 47.3 Å². The molecule has 0 aromatic heterocycles. The molecule has 2 saturated heterocycles. The molecule has 3 N–H and O–H groups in total. The number of carboxylic acid groups (broad SMARTS) is 1. The molecule has 0 atom stereocenters. The zero-order valence-corrected chi connectivity index (χ0v) is 7.75. The zero-order chi connectivity index (χ0) is 10.2. The largest absolute Gasteiger partial charge is 0.465 e. The van der Waals surface area contributed by atoms with Crippen molar-refractivity contribution in [1.82, 2.24) is 15.5 Å². The maximum Gasteiger partial charge on any atom is 0.407 e. The van der Waals surface area contributed by atoms with Crippen LogP contribution in [0.15, 0.2) is 0 Å². The van der Waals surface area contributed by atoms with Gasteiger partial charge in [0.25, 0.3) is 0 Å². The van der Waals surface area contributed by atoms with Crippen molar-refractivity contribution in [2.24, 2.45) is 0 Å². The Labute approximate surface area is 81.3 Å². The number of carbonyl (C=O) groups is 2. The second-order valence-electron chi connectivity index (χ2n) is 3.75. The standard InChI is InChI=1S/C8H13N3O3/c12-6-5-9-8(10-6)1-3-11(4-2-8)7(13)14/h9H,1-5H2,(H,10,12)(H,13,14). The van der Waals surface area contributed by atoms with Gasteiger partial charge in [0.1, 0.15) is 0 Å². The summed E-state index contributed by atoms with van der Waals surface area (Å²) in [6, 6.07) is 0. The van der Waals surface area contributed by atoms with Crippen LogP contribution >= 0.6 is 0 Å². The first-order valence-corrected chi connectivity index (χ1v) is 4.65. The van der Waals surface area contributed by atoms with Crippen molar-refractivity contribution in [2.45, 2.75) is 18.5 Å². The lowest BCUT2D eigenvalue weighted by molar-refractivity contribution is -0.119. The lowest BCUT2D eigenvalue weighted by Gasteiger charge is -2.37. The summed E-state index contributed by atoms with van der Waals surface area (Å²) < 4.78 is 0. The summed E-state index contributed by atoms with van der Waals surface area (Å²) in [5, 5.41) is 14.7. The first-order chi connectivity index (χ1) is 6.61. The molecule has 14 heavy (non-hydrogen) atoms. The Morgan fingerprint density at radius 2 is 2.07 bits per heavy atom. The van der Waals surface area contributed by atoms with Crippen LogP contribution in [0.5, 0.6) is 0 Å². The summed E-state index contributed by atoms with van der Waals surface area (Å²) in [4.78, 5) is 23.0. The molecule has 2 rings (SSSR count). The van der Waals surface area contributed by atoms with E-state index < -0.39 is 6.09 Å². The Kier molecular flexibility index (Phi) is 2.07. The third-order valence-corrected chi connectivity index (χ3v) is 2.85. The quantitative estimate of drug-likeness (QED) is 0.476. The summed E-state index contributed by atoms with van der Waals surface area (Å²) >= 11 is 0. The van der Waals surface area contributed by atoms with Crippen LogP contribution in [0.3, 0.4) is 0 Å². The van der Waals surface area contributed by atoms with Gasteiger partial charge in [-0.3, -0.25) is 10.1 Å². The first-order valence-electron chi connectivity index (χ1n) is 4.65. The highest BCUT2D eigenvalue weighted by Gasteiger charge is 2.40. The van der Waals surface area contributed by atoms with E-state index in [0.717, 1.165) is 0 Å². The molecular weight excluding hydrogens is 186 g/mol. The van der Waals surface area contributed by atoms with Gasteiger partial charge in [0.05, 0.1) is 12.2 Å². The molecule has 0 saturated carbocycles.